The van der Waals surface area contributed by atoms with Crippen molar-refractivity contribution in [3.05, 3.63) is 34.9 Å². The Balaban J connectivity index is 1.29. The molecule has 4 rings (SSSR count). The first kappa shape index (κ1) is 16.9. The van der Waals surface area contributed by atoms with Crippen LogP contribution in [0.25, 0.3) is 0 Å². The molecular weight excluding hydrogens is 338 g/mol. The highest BCUT2D eigenvalue weighted by atomic mass is 35.5. The lowest BCUT2D eigenvalue weighted by Crippen LogP contribution is -2.72. The van der Waals surface area contributed by atoms with Crippen LogP contribution in [0.5, 0.6) is 0 Å². The maximum atomic E-state index is 12.7. The van der Waals surface area contributed by atoms with Gasteiger partial charge in [-0.1, -0.05) is 23.7 Å². The van der Waals surface area contributed by atoms with E-state index in [0.717, 1.165) is 39.0 Å². The first-order chi connectivity index (χ1) is 12.0. The molecule has 3 saturated heterocycles. The van der Waals surface area contributed by atoms with Gasteiger partial charge in [0.2, 0.25) is 5.91 Å². The number of amides is 2. The quantitative estimate of drug-likeness (QED) is 0.809. The van der Waals surface area contributed by atoms with E-state index in [4.69, 9.17) is 11.6 Å². The molecule has 0 aromatic heterocycles. The monoisotopic (exact) mass is 361 g/mol. The molecule has 2 amide bonds. The number of piperidine rings is 1. The summed E-state index contributed by atoms with van der Waals surface area (Å²) in [4.78, 5) is 31.4. The van der Waals surface area contributed by atoms with E-state index in [-0.39, 0.29) is 17.7 Å². The molecule has 1 aromatic carbocycles. The van der Waals surface area contributed by atoms with Crippen LogP contribution in [0.1, 0.15) is 23.2 Å². The SMILES string of the molecule is CN1CC2(C1)CN(C(=O)C1CCN(C(=O)c3ccccc3Cl)CC1)C2. The van der Waals surface area contributed by atoms with Gasteiger partial charge in [-0.05, 0) is 32.0 Å². The molecular formula is C19H24ClN3O2. The van der Waals surface area contributed by atoms with Crippen molar-refractivity contribution in [1.29, 1.82) is 0 Å². The van der Waals surface area contributed by atoms with Gasteiger partial charge in [-0.15, -0.1) is 0 Å². The van der Waals surface area contributed by atoms with Gasteiger partial charge >= 0.3 is 0 Å². The fourth-order valence-electron chi connectivity index (χ4n) is 4.61. The third-order valence-electron chi connectivity index (χ3n) is 5.81. The molecule has 0 saturated carbocycles. The Labute approximate surface area is 153 Å². The molecule has 25 heavy (non-hydrogen) atoms. The van der Waals surface area contributed by atoms with Crippen molar-refractivity contribution < 1.29 is 9.59 Å². The van der Waals surface area contributed by atoms with Crippen LogP contribution in [0.4, 0.5) is 0 Å². The van der Waals surface area contributed by atoms with Crippen LogP contribution >= 0.6 is 11.6 Å². The highest BCUT2D eigenvalue weighted by Gasteiger charge is 2.52. The molecule has 0 bridgehead atoms. The summed E-state index contributed by atoms with van der Waals surface area (Å²) >= 11 is 6.13. The molecule has 3 fully saturated rings. The largest absolute Gasteiger partial charge is 0.341 e. The Bertz CT molecular complexity index is 686. The first-order valence-electron chi connectivity index (χ1n) is 8.99. The van der Waals surface area contributed by atoms with Gasteiger partial charge in [0.05, 0.1) is 10.6 Å². The third-order valence-corrected chi connectivity index (χ3v) is 6.14. The van der Waals surface area contributed by atoms with E-state index >= 15 is 0 Å². The summed E-state index contributed by atoms with van der Waals surface area (Å²) in [6, 6.07) is 7.15. The molecule has 1 aromatic rings. The van der Waals surface area contributed by atoms with Crippen molar-refractivity contribution in [2.45, 2.75) is 12.8 Å². The van der Waals surface area contributed by atoms with Crippen molar-refractivity contribution in [3.63, 3.8) is 0 Å². The van der Waals surface area contributed by atoms with Crippen molar-refractivity contribution in [3.8, 4) is 0 Å². The summed E-state index contributed by atoms with van der Waals surface area (Å²) < 4.78 is 0. The molecule has 0 radical (unpaired) electrons. The molecule has 0 N–H and O–H groups in total. The number of hydrogen-bond donors (Lipinski definition) is 0. The van der Waals surface area contributed by atoms with E-state index < -0.39 is 0 Å². The summed E-state index contributed by atoms with van der Waals surface area (Å²) in [5.74, 6) is 0.312. The standard InChI is InChI=1S/C19H24ClN3O2/c1-21-10-19(11-21)12-23(13-19)17(24)14-6-8-22(9-7-14)18(25)15-4-2-3-5-16(15)20/h2-5,14H,6-13H2,1H3. The first-order valence-corrected chi connectivity index (χ1v) is 9.36. The second kappa shape index (κ2) is 6.29. The van der Waals surface area contributed by atoms with Gasteiger partial charge in [-0.3, -0.25) is 9.59 Å². The highest BCUT2D eigenvalue weighted by molar-refractivity contribution is 6.33. The number of likely N-dealkylation sites (tertiary alicyclic amines) is 3. The molecule has 1 spiro atoms. The number of nitrogens with zero attached hydrogens (tertiary/aromatic N) is 3. The zero-order chi connectivity index (χ0) is 17.6. The Hall–Kier alpha value is -1.59. The van der Waals surface area contributed by atoms with Crippen molar-refractivity contribution in [2.24, 2.45) is 11.3 Å². The number of rotatable bonds is 2. The van der Waals surface area contributed by atoms with Crippen LogP contribution in [0.2, 0.25) is 5.02 Å². The third kappa shape index (κ3) is 3.04. The molecule has 3 aliphatic rings. The van der Waals surface area contributed by atoms with Crippen LogP contribution in [0.3, 0.4) is 0 Å². The van der Waals surface area contributed by atoms with Crippen molar-refractivity contribution in [2.75, 3.05) is 46.3 Å². The Kier molecular flexibility index (Phi) is 4.24. The van der Waals surface area contributed by atoms with E-state index in [1.165, 1.54) is 0 Å². The zero-order valence-corrected chi connectivity index (χ0v) is 15.3. The van der Waals surface area contributed by atoms with Crippen LogP contribution in [-0.2, 0) is 4.79 Å². The lowest BCUT2D eigenvalue weighted by Gasteiger charge is -2.60. The van der Waals surface area contributed by atoms with Gasteiger partial charge in [0.15, 0.2) is 0 Å². The predicted octanol–water partition coefficient (Wildman–Crippen LogP) is 1.97. The Morgan fingerprint density at radius 3 is 2.28 bits per heavy atom. The molecule has 134 valence electrons. The van der Waals surface area contributed by atoms with Gasteiger partial charge < -0.3 is 14.7 Å². The number of hydrogen-bond acceptors (Lipinski definition) is 3. The summed E-state index contributed by atoms with van der Waals surface area (Å²) in [5, 5.41) is 0.488. The molecule has 0 aliphatic carbocycles. The summed E-state index contributed by atoms with van der Waals surface area (Å²) in [7, 11) is 2.13. The van der Waals surface area contributed by atoms with Gasteiger partial charge in [0.1, 0.15) is 0 Å². The van der Waals surface area contributed by atoms with Crippen LogP contribution in [-0.4, -0.2) is 72.8 Å². The zero-order valence-electron chi connectivity index (χ0n) is 14.6. The van der Waals surface area contributed by atoms with Crippen molar-refractivity contribution in [1.82, 2.24) is 14.7 Å². The number of benzene rings is 1. The highest BCUT2D eigenvalue weighted by Crippen LogP contribution is 2.40. The Morgan fingerprint density at radius 1 is 1.04 bits per heavy atom. The number of carbonyl (C=O) groups is 2. The minimum Gasteiger partial charge on any atom is -0.341 e. The van der Waals surface area contributed by atoms with Crippen LogP contribution < -0.4 is 0 Å². The minimum atomic E-state index is -0.0306. The van der Waals surface area contributed by atoms with Gasteiger partial charge in [0, 0.05) is 50.6 Å². The molecule has 6 heteroatoms. The molecule has 0 atom stereocenters. The average molecular weight is 362 g/mol. The minimum absolute atomic E-state index is 0.0306. The van der Waals surface area contributed by atoms with Gasteiger partial charge in [0.25, 0.3) is 5.91 Å². The van der Waals surface area contributed by atoms with Crippen molar-refractivity contribution >= 4 is 23.4 Å². The number of carbonyl (C=O) groups excluding carboxylic acids is 2. The second-order valence-corrected chi connectivity index (χ2v) is 8.32. The maximum absolute atomic E-state index is 12.7. The average Bonchev–Trinajstić information content (AvgIpc) is 2.56. The molecule has 5 nitrogen and oxygen atoms in total. The fraction of sp³-hybridized carbons (Fsp3) is 0.579. The normalized spacial score (nSPS) is 23.3. The fourth-order valence-corrected chi connectivity index (χ4v) is 4.83. The van der Waals surface area contributed by atoms with E-state index in [0.29, 0.717) is 29.1 Å². The topological polar surface area (TPSA) is 43.9 Å². The molecule has 3 aliphatic heterocycles. The van der Waals surface area contributed by atoms with E-state index in [1.807, 2.05) is 21.9 Å². The maximum Gasteiger partial charge on any atom is 0.255 e. The number of halogens is 1. The van der Waals surface area contributed by atoms with E-state index in [1.54, 1.807) is 12.1 Å². The lowest BCUT2D eigenvalue weighted by molar-refractivity contribution is -0.162. The van der Waals surface area contributed by atoms with E-state index in [2.05, 4.69) is 11.9 Å². The smallest absolute Gasteiger partial charge is 0.255 e. The molecule has 0 unspecified atom stereocenters. The summed E-state index contributed by atoms with van der Waals surface area (Å²) in [6.45, 7) is 5.30. The summed E-state index contributed by atoms with van der Waals surface area (Å²) in [6.07, 6.45) is 1.50. The van der Waals surface area contributed by atoms with Gasteiger partial charge in [-0.2, -0.15) is 0 Å². The molecule has 3 heterocycles. The summed E-state index contributed by atoms with van der Waals surface area (Å²) in [5.41, 5.74) is 0.929. The Morgan fingerprint density at radius 2 is 1.68 bits per heavy atom. The van der Waals surface area contributed by atoms with Gasteiger partial charge in [-0.25, -0.2) is 0 Å². The van der Waals surface area contributed by atoms with Crippen LogP contribution in [0.15, 0.2) is 24.3 Å². The van der Waals surface area contributed by atoms with Crippen LogP contribution in [0, 0.1) is 11.3 Å². The second-order valence-electron chi connectivity index (χ2n) is 7.91. The predicted molar refractivity (Wildman–Crippen MR) is 96.6 cm³/mol. The lowest BCUT2D eigenvalue weighted by atomic mass is 9.72. The van der Waals surface area contributed by atoms with E-state index in [9.17, 15) is 9.59 Å².